The van der Waals surface area contributed by atoms with E-state index >= 15 is 0 Å². The highest BCUT2D eigenvalue weighted by atomic mass is 32.2. The Bertz CT molecular complexity index is 1530. The third-order valence-corrected chi connectivity index (χ3v) is 12.5. The molecule has 1 aromatic carbocycles. The molecule has 2 fully saturated rings. The summed E-state index contributed by atoms with van der Waals surface area (Å²) in [7, 11) is 0.138. The van der Waals surface area contributed by atoms with Crippen molar-refractivity contribution in [3.63, 3.8) is 0 Å². The summed E-state index contributed by atoms with van der Waals surface area (Å²) in [4.78, 5) is 21.6. The number of nitrogens with one attached hydrogen (secondary N) is 1. The van der Waals surface area contributed by atoms with Crippen molar-refractivity contribution in [2.75, 3.05) is 23.9 Å². The fraction of sp³-hybridized carbons (Fsp3) is 0.568. The lowest BCUT2D eigenvalue weighted by Gasteiger charge is -2.35. The lowest BCUT2D eigenvalue weighted by Crippen LogP contribution is -2.40. The van der Waals surface area contributed by atoms with Gasteiger partial charge >= 0.3 is 0 Å². The second kappa shape index (κ2) is 15.5. The first kappa shape index (κ1) is 34.9. The van der Waals surface area contributed by atoms with Gasteiger partial charge in [0.2, 0.25) is 5.88 Å². The van der Waals surface area contributed by atoms with Crippen LogP contribution in [0.3, 0.4) is 0 Å². The number of carbonyl (C=O) groups is 1. The van der Waals surface area contributed by atoms with Crippen LogP contribution in [0.1, 0.15) is 102 Å². The first-order valence-corrected chi connectivity index (χ1v) is 18.6. The predicted octanol–water partition coefficient (Wildman–Crippen LogP) is 7.42. The molecule has 1 saturated carbocycles. The number of ether oxygens (including phenoxy) is 1. The summed E-state index contributed by atoms with van der Waals surface area (Å²) in [5.74, 6) is 2.56. The minimum Gasteiger partial charge on any atom is -0.470 e. The summed E-state index contributed by atoms with van der Waals surface area (Å²) in [5.41, 5.74) is 6.93. The molecule has 2 aromatic rings. The molecule has 5 atom stereocenters. The third kappa shape index (κ3) is 8.85. The number of benzene rings is 1. The van der Waals surface area contributed by atoms with Crippen molar-refractivity contribution < 1.29 is 18.8 Å². The molecule has 1 aromatic heterocycles. The van der Waals surface area contributed by atoms with Crippen molar-refractivity contribution in [3.05, 3.63) is 58.8 Å². The Morgan fingerprint density at radius 1 is 1.22 bits per heavy atom. The van der Waals surface area contributed by atoms with E-state index in [4.69, 9.17) is 9.73 Å². The number of carbonyl (C=O) groups excluding carboxylic acids is 1. The molecule has 246 valence electrons. The summed E-state index contributed by atoms with van der Waals surface area (Å²) in [6.07, 6.45) is 8.57. The van der Waals surface area contributed by atoms with Gasteiger partial charge in [-0.05, 0) is 128 Å². The van der Waals surface area contributed by atoms with E-state index in [1.165, 1.54) is 11.1 Å². The van der Waals surface area contributed by atoms with Crippen molar-refractivity contribution in [2.45, 2.75) is 105 Å². The van der Waals surface area contributed by atoms with Crippen LogP contribution >= 0.6 is 0 Å². The highest BCUT2D eigenvalue weighted by molar-refractivity contribution is 8.01. The molecular weight excluding hydrogens is 582 g/mol. The molecule has 45 heavy (non-hydrogen) atoms. The number of Topliss-reactive ketones (excluding diaryl/α,β-unsaturated/α-hetero) is 1. The number of nitrogens with zero attached hydrogens (tertiary/aromatic N) is 2. The maximum Gasteiger partial charge on any atom is 0.240 e. The first-order valence-electron chi connectivity index (χ1n) is 16.7. The van der Waals surface area contributed by atoms with Crippen molar-refractivity contribution in [3.8, 4) is 5.88 Å². The van der Waals surface area contributed by atoms with Gasteiger partial charge in [-0.15, -0.1) is 0 Å². The first-order chi connectivity index (χ1) is 21.4. The molecule has 4 rings (SSSR count). The number of rotatable bonds is 12. The average molecular weight is 636 g/mol. The summed E-state index contributed by atoms with van der Waals surface area (Å²) in [6, 6.07) is 8.19. The lowest BCUT2D eigenvalue weighted by molar-refractivity contribution is -0.123. The van der Waals surface area contributed by atoms with E-state index in [0.717, 1.165) is 66.1 Å². The van der Waals surface area contributed by atoms with E-state index in [9.17, 15) is 14.1 Å². The molecule has 0 radical (unpaired) electrons. The normalized spacial score (nSPS) is 23.3. The molecular formula is C37H53N3O4S. The van der Waals surface area contributed by atoms with Gasteiger partial charge < -0.3 is 15.2 Å². The quantitative estimate of drug-likeness (QED) is 0.186. The second-order valence-electron chi connectivity index (χ2n) is 13.2. The third-order valence-electron chi connectivity index (χ3n) is 9.78. The maximum atomic E-state index is 13.1. The standard InChI is InChI=1S/C37H53N3O4S/c1-8-24(2)20-33(36-26(4)21-30(22-32(36)38-7)25(3)15-19-45(43)17-9-10-18-45)40-31-12-11-16-39-37(31)44-35-14-13-29(23-34(35)42)27(5)28(6)41/h11-12,16,19-22,25,27,29,34-35,38,42H,8-10,13-15,17-18,23H2,1-7H3. The molecule has 0 bridgehead atoms. The van der Waals surface area contributed by atoms with Crippen LogP contribution in [0.4, 0.5) is 11.4 Å². The highest BCUT2D eigenvalue weighted by Crippen LogP contribution is 2.36. The molecule has 7 nitrogen and oxygen atoms in total. The fourth-order valence-electron chi connectivity index (χ4n) is 6.46. The Hall–Kier alpha value is -2.97. The fourth-order valence-corrected chi connectivity index (χ4v) is 9.02. The van der Waals surface area contributed by atoms with Crippen LogP contribution in [0.15, 0.2) is 47.1 Å². The summed E-state index contributed by atoms with van der Waals surface area (Å²) in [6.45, 7) is 12.1. The Kier molecular flexibility index (Phi) is 12.1. The molecule has 8 heteroatoms. The topological polar surface area (TPSA) is 101 Å². The van der Waals surface area contributed by atoms with E-state index in [-0.39, 0.29) is 23.5 Å². The Balaban J connectivity index is 1.66. The number of hydrogen-bond donors (Lipinski definition) is 2. The SMILES string of the molecule is CCC(C)=CC(=Nc1cccnc1OC1CCC(C(C)C(C)=O)CC1O)c1c(C)cc(C(C)CC=S2(=O)CCCC2)cc1NC. The number of aryl methyl sites for hydroxylation is 1. The number of hydrogen-bond acceptors (Lipinski definition) is 7. The van der Waals surface area contributed by atoms with E-state index in [1.54, 1.807) is 13.1 Å². The molecule has 2 heterocycles. The van der Waals surface area contributed by atoms with Gasteiger partial charge in [0.15, 0.2) is 0 Å². The second-order valence-corrected chi connectivity index (χ2v) is 16.1. The van der Waals surface area contributed by atoms with Gasteiger partial charge in [-0.2, -0.15) is 0 Å². The highest BCUT2D eigenvalue weighted by Gasteiger charge is 2.35. The van der Waals surface area contributed by atoms with Crippen molar-refractivity contribution >= 4 is 37.8 Å². The van der Waals surface area contributed by atoms with Gasteiger partial charge in [-0.1, -0.05) is 32.4 Å². The van der Waals surface area contributed by atoms with Crippen LogP contribution in [0.25, 0.3) is 0 Å². The Labute approximate surface area is 271 Å². The number of anilines is 1. The number of pyridine rings is 1. The molecule has 2 N–H and O–H groups in total. The zero-order valence-corrected chi connectivity index (χ0v) is 29.1. The maximum absolute atomic E-state index is 13.1. The zero-order chi connectivity index (χ0) is 32.7. The number of ketones is 1. The van der Waals surface area contributed by atoms with E-state index in [2.05, 4.69) is 61.6 Å². The number of aliphatic imine (C=N–C) groups is 1. The Morgan fingerprint density at radius 2 is 1.96 bits per heavy atom. The lowest BCUT2D eigenvalue weighted by atomic mass is 9.77. The smallest absolute Gasteiger partial charge is 0.240 e. The summed E-state index contributed by atoms with van der Waals surface area (Å²) < 4.78 is 19.4. The van der Waals surface area contributed by atoms with Crippen LogP contribution in [0.2, 0.25) is 0 Å². The molecule has 0 amide bonds. The minimum atomic E-state index is -1.80. The molecule has 0 spiro atoms. The van der Waals surface area contributed by atoms with E-state index < -0.39 is 21.7 Å². The van der Waals surface area contributed by atoms with Crippen molar-refractivity contribution in [1.82, 2.24) is 4.98 Å². The van der Waals surface area contributed by atoms with E-state index in [1.807, 2.05) is 26.1 Å². The molecule has 1 aliphatic carbocycles. The summed E-state index contributed by atoms with van der Waals surface area (Å²) in [5, 5.41) is 16.5. The van der Waals surface area contributed by atoms with Crippen LogP contribution in [0.5, 0.6) is 5.88 Å². The minimum absolute atomic E-state index is 0.0689. The van der Waals surface area contributed by atoms with Gasteiger partial charge in [0.25, 0.3) is 0 Å². The van der Waals surface area contributed by atoms with Crippen LogP contribution in [-0.2, 0) is 14.3 Å². The van der Waals surface area contributed by atoms with Gasteiger partial charge in [-0.3, -0.25) is 9.00 Å². The zero-order valence-electron chi connectivity index (χ0n) is 28.3. The monoisotopic (exact) mass is 635 g/mol. The predicted molar refractivity (Wildman–Crippen MR) is 189 cm³/mol. The van der Waals surface area contributed by atoms with Crippen molar-refractivity contribution in [2.24, 2.45) is 16.8 Å². The number of allylic oxidation sites excluding steroid dienone is 2. The van der Waals surface area contributed by atoms with Gasteiger partial charge in [0.1, 0.15) is 17.6 Å². The van der Waals surface area contributed by atoms with Gasteiger partial charge in [0.05, 0.1) is 11.8 Å². The Morgan fingerprint density at radius 3 is 2.60 bits per heavy atom. The van der Waals surface area contributed by atoms with Gasteiger partial charge in [-0.25, -0.2) is 9.98 Å². The largest absolute Gasteiger partial charge is 0.470 e. The molecule has 1 saturated heterocycles. The molecule has 1 aliphatic heterocycles. The number of aromatic nitrogens is 1. The van der Waals surface area contributed by atoms with Crippen LogP contribution < -0.4 is 10.1 Å². The number of aliphatic hydroxyl groups excluding tert-OH is 1. The molecule has 2 aliphatic rings. The molecule has 5 unspecified atom stereocenters. The summed E-state index contributed by atoms with van der Waals surface area (Å²) >= 11 is 0. The van der Waals surface area contributed by atoms with Gasteiger partial charge in [0, 0.05) is 41.9 Å². The van der Waals surface area contributed by atoms with Crippen LogP contribution in [-0.4, -0.2) is 61.9 Å². The average Bonchev–Trinajstić information content (AvgIpc) is 3.46. The van der Waals surface area contributed by atoms with Crippen molar-refractivity contribution in [1.29, 1.82) is 0 Å². The number of aliphatic hydroxyl groups is 1. The van der Waals surface area contributed by atoms with E-state index in [0.29, 0.717) is 24.4 Å². The van der Waals surface area contributed by atoms with Crippen LogP contribution in [0, 0.1) is 18.8 Å².